The van der Waals surface area contributed by atoms with Gasteiger partial charge in [0.05, 0.1) is 6.20 Å². The van der Waals surface area contributed by atoms with Crippen LogP contribution in [0.4, 0.5) is 24.9 Å². The summed E-state index contributed by atoms with van der Waals surface area (Å²) < 4.78 is 35.6. The molecule has 0 spiro atoms. The first-order chi connectivity index (χ1) is 7.92. The number of anilines is 2. The number of hydrogen-bond donors (Lipinski definition) is 2. The fourth-order valence-electron chi connectivity index (χ4n) is 0.948. The van der Waals surface area contributed by atoms with Crippen LogP contribution in [0.1, 0.15) is 0 Å². The van der Waals surface area contributed by atoms with Crippen LogP contribution in [0.2, 0.25) is 5.02 Å². The molecular formula is C8H10ClF3N4S. The highest BCUT2D eigenvalue weighted by Crippen LogP contribution is 2.29. The van der Waals surface area contributed by atoms with E-state index in [2.05, 4.69) is 20.6 Å². The zero-order valence-electron chi connectivity index (χ0n) is 8.81. The summed E-state index contributed by atoms with van der Waals surface area (Å²) in [6, 6.07) is 0. The van der Waals surface area contributed by atoms with Gasteiger partial charge in [-0.05, 0) is 11.8 Å². The van der Waals surface area contributed by atoms with E-state index in [0.29, 0.717) is 11.8 Å². The van der Waals surface area contributed by atoms with Crippen LogP contribution in [-0.4, -0.2) is 34.8 Å². The Morgan fingerprint density at radius 3 is 2.76 bits per heavy atom. The highest BCUT2D eigenvalue weighted by atomic mass is 35.5. The van der Waals surface area contributed by atoms with Crippen molar-refractivity contribution in [2.45, 2.75) is 5.51 Å². The van der Waals surface area contributed by atoms with Crippen LogP contribution in [0, 0.1) is 0 Å². The second kappa shape index (κ2) is 6.15. The molecule has 4 nitrogen and oxygen atoms in total. The molecule has 0 fully saturated rings. The fraction of sp³-hybridized carbons (Fsp3) is 0.500. The van der Waals surface area contributed by atoms with Crippen molar-refractivity contribution in [2.75, 3.05) is 30.0 Å². The second-order valence-corrected chi connectivity index (χ2v) is 4.43. The average Bonchev–Trinajstić information content (AvgIpc) is 2.25. The molecule has 0 aliphatic carbocycles. The first kappa shape index (κ1) is 14.2. The molecule has 9 heteroatoms. The molecule has 0 aromatic carbocycles. The molecule has 1 heterocycles. The number of rotatable bonds is 5. The zero-order valence-corrected chi connectivity index (χ0v) is 10.4. The number of thioether (sulfide) groups is 1. The van der Waals surface area contributed by atoms with Gasteiger partial charge in [0, 0.05) is 19.3 Å². The normalized spacial score (nSPS) is 11.4. The Kier molecular flexibility index (Phi) is 5.13. The minimum Gasteiger partial charge on any atom is -0.368 e. The lowest BCUT2D eigenvalue weighted by Gasteiger charge is -2.09. The standard InChI is InChI=1S/C8H10ClF3N4S/c1-13-7-15-4-5(9)6(16-7)14-2-3-17-8(10,11)12/h4H,2-3H2,1H3,(H2,13,14,15,16). The maximum absolute atomic E-state index is 11.9. The maximum atomic E-state index is 11.9. The van der Waals surface area contributed by atoms with Gasteiger partial charge in [0.15, 0.2) is 5.82 Å². The van der Waals surface area contributed by atoms with Gasteiger partial charge in [-0.3, -0.25) is 0 Å². The van der Waals surface area contributed by atoms with Gasteiger partial charge in [0.1, 0.15) is 5.02 Å². The van der Waals surface area contributed by atoms with Crippen molar-refractivity contribution in [2.24, 2.45) is 0 Å². The Morgan fingerprint density at radius 1 is 1.47 bits per heavy atom. The Hall–Kier alpha value is -0.890. The van der Waals surface area contributed by atoms with E-state index in [1.165, 1.54) is 6.20 Å². The molecular weight excluding hydrogens is 277 g/mol. The lowest BCUT2D eigenvalue weighted by molar-refractivity contribution is -0.0327. The first-order valence-electron chi connectivity index (χ1n) is 4.57. The number of hydrogen-bond acceptors (Lipinski definition) is 5. The lowest BCUT2D eigenvalue weighted by Crippen LogP contribution is -2.11. The van der Waals surface area contributed by atoms with Crippen LogP contribution >= 0.6 is 23.4 Å². The van der Waals surface area contributed by atoms with Gasteiger partial charge in [-0.15, -0.1) is 0 Å². The van der Waals surface area contributed by atoms with Crippen molar-refractivity contribution >= 4 is 35.1 Å². The molecule has 2 N–H and O–H groups in total. The summed E-state index contributed by atoms with van der Waals surface area (Å²) >= 11 is 5.68. The predicted molar refractivity (Wildman–Crippen MR) is 63.6 cm³/mol. The van der Waals surface area contributed by atoms with Gasteiger partial charge in [-0.25, -0.2) is 4.98 Å². The number of nitrogens with zero attached hydrogens (tertiary/aromatic N) is 2. The van der Waals surface area contributed by atoms with Crippen LogP contribution in [-0.2, 0) is 0 Å². The fourth-order valence-corrected chi connectivity index (χ4v) is 1.54. The molecule has 0 aliphatic rings. The van der Waals surface area contributed by atoms with Crippen molar-refractivity contribution in [3.05, 3.63) is 11.2 Å². The van der Waals surface area contributed by atoms with E-state index in [0.717, 1.165) is 0 Å². The molecule has 0 saturated heterocycles. The third-order valence-corrected chi connectivity index (χ3v) is 2.64. The quantitative estimate of drug-likeness (QED) is 0.815. The molecule has 1 aromatic heterocycles. The highest BCUT2D eigenvalue weighted by Gasteiger charge is 2.27. The van der Waals surface area contributed by atoms with E-state index in [4.69, 9.17) is 11.6 Å². The third-order valence-electron chi connectivity index (χ3n) is 1.63. The number of halogens is 4. The van der Waals surface area contributed by atoms with Crippen molar-refractivity contribution in [1.82, 2.24) is 9.97 Å². The Morgan fingerprint density at radius 2 is 2.18 bits per heavy atom. The van der Waals surface area contributed by atoms with Crippen LogP contribution < -0.4 is 10.6 Å². The summed E-state index contributed by atoms with van der Waals surface area (Å²) in [7, 11) is 1.63. The van der Waals surface area contributed by atoms with Gasteiger partial charge >= 0.3 is 5.51 Å². The number of alkyl halides is 3. The highest BCUT2D eigenvalue weighted by molar-refractivity contribution is 8.00. The molecule has 1 rings (SSSR count). The summed E-state index contributed by atoms with van der Waals surface area (Å²) in [6.45, 7) is 0.115. The van der Waals surface area contributed by atoms with Gasteiger partial charge in [-0.2, -0.15) is 18.2 Å². The summed E-state index contributed by atoms with van der Waals surface area (Å²) in [4.78, 5) is 7.81. The molecule has 0 atom stereocenters. The summed E-state index contributed by atoms with van der Waals surface area (Å²) in [6.07, 6.45) is 1.37. The van der Waals surface area contributed by atoms with E-state index in [1.54, 1.807) is 7.05 Å². The van der Waals surface area contributed by atoms with E-state index >= 15 is 0 Å². The summed E-state index contributed by atoms with van der Waals surface area (Å²) in [5.41, 5.74) is -4.21. The molecule has 0 saturated carbocycles. The Balaban J connectivity index is 2.46. The molecule has 17 heavy (non-hydrogen) atoms. The second-order valence-electron chi connectivity index (χ2n) is 2.86. The van der Waals surface area contributed by atoms with Gasteiger partial charge in [-0.1, -0.05) is 11.6 Å². The zero-order chi connectivity index (χ0) is 12.9. The van der Waals surface area contributed by atoms with E-state index in [1.807, 2.05) is 0 Å². The molecule has 0 aliphatic heterocycles. The van der Waals surface area contributed by atoms with Crippen molar-refractivity contribution < 1.29 is 13.2 Å². The molecule has 1 aromatic rings. The van der Waals surface area contributed by atoms with Crippen LogP contribution in [0.15, 0.2) is 6.20 Å². The molecule has 0 radical (unpaired) electrons. The molecule has 0 bridgehead atoms. The van der Waals surface area contributed by atoms with Crippen molar-refractivity contribution in [1.29, 1.82) is 0 Å². The molecule has 96 valence electrons. The van der Waals surface area contributed by atoms with E-state index in [9.17, 15) is 13.2 Å². The SMILES string of the molecule is CNc1ncc(Cl)c(NCCSC(F)(F)F)n1. The van der Waals surface area contributed by atoms with E-state index in [-0.39, 0.29) is 29.1 Å². The minimum atomic E-state index is -4.21. The van der Waals surface area contributed by atoms with Crippen molar-refractivity contribution in [3.8, 4) is 0 Å². The van der Waals surface area contributed by atoms with E-state index < -0.39 is 5.51 Å². The van der Waals surface area contributed by atoms with Crippen LogP contribution in [0.3, 0.4) is 0 Å². The molecule has 0 amide bonds. The van der Waals surface area contributed by atoms with Crippen LogP contribution in [0.25, 0.3) is 0 Å². The summed E-state index contributed by atoms with van der Waals surface area (Å²) in [5.74, 6) is 0.549. The first-order valence-corrected chi connectivity index (χ1v) is 5.93. The minimum absolute atomic E-state index is 0.0960. The van der Waals surface area contributed by atoms with Gasteiger partial charge < -0.3 is 10.6 Å². The topological polar surface area (TPSA) is 49.8 Å². The Labute approximate surface area is 105 Å². The monoisotopic (exact) mass is 286 g/mol. The lowest BCUT2D eigenvalue weighted by atomic mass is 10.5. The Bertz CT molecular complexity index is 374. The smallest absolute Gasteiger partial charge is 0.368 e. The largest absolute Gasteiger partial charge is 0.441 e. The molecule has 0 unspecified atom stereocenters. The number of aromatic nitrogens is 2. The van der Waals surface area contributed by atoms with Gasteiger partial charge in [0.25, 0.3) is 0 Å². The van der Waals surface area contributed by atoms with Crippen LogP contribution in [0.5, 0.6) is 0 Å². The third kappa shape index (κ3) is 5.31. The summed E-state index contributed by atoms with van der Waals surface area (Å²) in [5, 5.41) is 5.68. The van der Waals surface area contributed by atoms with Gasteiger partial charge in [0.2, 0.25) is 5.95 Å². The average molecular weight is 287 g/mol. The maximum Gasteiger partial charge on any atom is 0.441 e. The van der Waals surface area contributed by atoms with Crippen molar-refractivity contribution in [3.63, 3.8) is 0 Å². The predicted octanol–water partition coefficient (Wildman–Crippen LogP) is 2.84. The number of nitrogens with one attached hydrogen (secondary N) is 2.